The van der Waals surface area contributed by atoms with E-state index in [1.165, 1.54) is 25.7 Å². The second-order valence-corrected chi connectivity index (χ2v) is 5.58. The predicted molar refractivity (Wildman–Crippen MR) is 79.7 cm³/mol. The summed E-state index contributed by atoms with van der Waals surface area (Å²) in [5, 5.41) is 14.6. The van der Waals surface area contributed by atoms with Gasteiger partial charge in [0.05, 0.1) is 5.92 Å². The number of oxime groups is 1. The highest BCUT2D eigenvalue weighted by Gasteiger charge is 2.23. The van der Waals surface area contributed by atoms with Crippen LogP contribution >= 0.6 is 0 Å². The number of rotatable bonds is 8. The van der Waals surface area contributed by atoms with E-state index in [4.69, 9.17) is 10.9 Å². The number of likely N-dealkylation sites (N-methyl/N-ethyl adjacent to an activating group) is 1. The number of hydrogen-bond donors (Lipinski definition) is 3. The lowest BCUT2D eigenvalue weighted by molar-refractivity contribution is -0.123. The van der Waals surface area contributed by atoms with E-state index >= 15 is 0 Å². The van der Waals surface area contributed by atoms with Crippen molar-refractivity contribution in [2.75, 3.05) is 20.1 Å². The molecule has 1 rings (SSSR count). The normalized spacial score (nSPS) is 18.4. The quantitative estimate of drug-likeness (QED) is 0.270. The Bertz CT molecular complexity index is 327. The van der Waals surface area contributed by atoms with Crippen LogP contribution < -0.4 is 11.1 Å². The number of amides is 1. The molecular formula is C14H28N4O2. The topological polar surface area (TPSA) is 91.0 Å². The first-order valence-electron chi connectivity index (χ1n) is 7.55. The zero-order valence-corrected chi connectivity index (χ0v) is 12.6. The molecule has 1 aliphatic rings. The molecule has 0 aliphatic heterocycles. The molecule has 116 valence electrons. The van der Waals surface area contributed by atoms with E-state index < -0.39 is 5.92 Å². The molecule has 1 fully saturated rings. The second kappa shape index (κ2) is 8.79. The van der Waals surface area contributed by atoms with Crippen molar-refractivity contribution in [3.8, 4) is 0 Å². The molecule has 1 amide bonds. The molecule has 0 spiro atoms. The second-order valence-electron chi connectivity index (χ2n) is 5.58. The van der Waals surface area contributed by atoms with Gasteiger partial charge in [-0.05, 0) is 26.3 Å². The molecule has 0 heterocycles. The van der Waals surface area contributed by atoms with Gasteiger partial charge in [0.1, 0.15) is 0 Å². The van der Waals surface area contributed by atoms with E-state index in [-0.39, 0.29) is 11.7 Å². The summed E-state index contributed by atoms with van der Waals surface area (Å²) in [5.41, 5.74) is 5.56. The summed E-state index contributed by atoms with van der Waals surface area (Å²) >= 11 is 0. The molecule has 0 aromatic rings. The summed E-state index contributed by atoms with van der Waals surface area (Å²) in [6.45, 7) is 3.41. The van der Waals surface area contributed by atoms with Crippen LogP contribution in [0, 0.1) is 5.92 Å². The summed E-state index contributed by atoms with van der Waals surface area (Å²) in [6, 6.07) is 0.655. The molecular weight excluding hydrogens is 256 g/mol. The first-order valence-corrected chi connectivity index (χ1v) is 7.55. The lowest BCUT2D eigenvalue weighted by Gasteiger charge is -2.24. The van der Waals surface area contributed by atoms with E-state index in [2.05, 4.69) is 22.4 Å². The molecule has 4 N–H and O–H groups in total. The largest absolute Gasteiger partial charge is 0.409 e. The molecule has 6 nitrogen and oxygen atoms in total. The summed E-state index contributed by atoms with van der Waals surface area (Å²) in [4.78, 5) is 14.3. The minimum absolute atomic E-state index is 0.00602. The van der Waals surface area contributed by atoms with Crippen LogP contribution in [0.2, 0.25) is 0 Å². The molecule has 1 atom stereocenters. The zero-order valence-electron chi connectivity index (χ0n) is 12.6. The Kier molecular flexibility index (Phi) is 7.36. The van der Waals surface area contributed by atoms with Gasteiger partial charge in [-0.15, -0.1) is 0 Å². The van der Waals surface area contributed by atoms with Crippen LogP contribution in [0.4, 0.5) is 0 Å². The summed E-state index contributed by atoms with van der Waals surface area (Å²) in [6.07, 6.45) is 6.55. The van der Waals surface area contributed by atoms with Crippen LogP contribution in [0.5, 0.6) is 0 Å². The molecule has 0 saturated heterocycles. The van der Waals surface area contributed by atoms with Crippen LogP contribution in [-0.4, -0.2) is 48.0 Å². The maximum atomic E-state index is 12.0. The fourth-order valence-electron chi connectivity index (χ4n) is 2.78. The van der Waals surface area contributed by atoms with Crippen molar-refractivity contribution in [3.63, 3.8) is 0 Å². The third kappa shape index (κ3) is 5.00. The molecule has 0 aromatic heterocycles. The highest BCUT2D eigenvalue weighted by atomic mass is 16.4. The Morgan fingerprint density at radius 2 is 2.15 bits per heavy atom. The van der Waals surface area contributed by atoms with Crippen LogP contribution in [-0.2, 0) is 4.79 Å². The first-order chi connectivity index (χ1) is 9.60. The van der Waals surface area contributed by atoms with Crippen LogP contribution in [0.3, 0.4) is 0 Å². The van der Waals surface area contributed by atoms with Crippen molar-refractivity contribution in [2.45, 2.75) is 51.5 Å². The summed E-state index contributed by atoms with van der Waals surface area (Å²) < 4.78 is 0. The van der Waals surface area contributed by atoms with Crippen molar-refractivity contribution < 1.29 is 10.0 Å². The maximum Gasteiger partial charge on any atom is 0.230 e. The Hall–Kier alpha value is -1.30. The summed E-state index contributed by atoms with van der Waals surface area (Å²) in [5.74, 6) is -0.683. The highest BCUT2D eigenvalue weighted by Crippen LogP contribution is 2.21. The smallest absolute Gasteiger partial charge is 0.230 e. The molecule has 0 radical (unpaired) electrons. The fraction of sp³-hybridized carbons (Fsp3) is 0.857. The number of nitrogens with zero attached hydrogens (tertiary/aromatic N) is 2. The SMILES string of the molecule is CCCC(C(=O)NCCN(C)C1CCCC1)C(N)=NO. The monoisotopic (exact) mass is 284 g/mol. The standard InChI is InChI=1S/C14H28N4O2/c1-3-6-12(13(15)17-20)14(19)16-9-10-18(2)11-7-4-5-8-11/h11-12,20H,3-10H2,1-2H3,(H2,15,17)(H,16,19). The van der Waals surface area contributed by atoms with Crippen LogP contribution in [0.25, 0.3) is 0 Å². The average molecular weight is 284 g/mol. The van der Waals surface area contributed by atoms with Gasteiger partial charge in [0.25, 0.3) is 0 Å². The Morgan fingerprint density at radius 1 is 1.50 bits per heavy atom. The maximum absolute atomic E-state index is 12.0. The summed E-state index contributed by atoms with van der Waals surface area (Å²) in [7, 11) is 2.11. The minimum Gasteiger partial charge on any atom is -0.409 e. The lowest BCUT2D eigenvalue weighted by Crippen LogP contribution is -2.42. The van der Waals surface area contributed by atoms with Gasteiger partial charge in [-0.2, -0.15) is 0 Å². The number of amidine groups is 1. The minimum atomic E-state index is -0.526. The third-order valence-corrected chi connectivity index (χ3v) is 4.08. The van der Waals surface area contributed by atoms with Crippen LogP contribution in [0.1, 0.15) is 45.4 Å². The van der Waals surface area contributed by atoms with Gasteiger partial charge < -0.3 is 21.2 Å². The number of carbonyl (C=O) groups is 1. The Morgan fingerprint density at radius 3 is 2.70 bits per heavy atom. The predicted octanol–water partition coefficient (Wildman–Crippen LogP) is 1.14. The molecule has 1 unspecified atom stereocenters. The van der Waals surface area contributed by atoms with E-state index in [0.717, 1.165) is 13.0 Å². The number of carbonyl (C=O) groups excluding carboxylic acids is 1. The van der Waals surface area contributed by atoms with E-state index in [1.807, 2.05) is 6.92 Å². The molecule has 6 heteroatoms. The van der Waals surface area contributed by atoms with Gasteiger partial charge in [0.2, 0.25) is 5.91 Å². The van der Waals surface area contributed by atoms with Crippen molar-refractivity contribution in [1.29, 1.82) is 0 Å². The zero-order chi connectivity index (χ0) is 15.0. The van der Waals surface area contributed by atoms with E-state index in [0.29, 0.717) is 19.0 Å². The number of nitrogens with one attached hydrogen (secondary N) is 1. The van der Waals surface area contributed by atoms with Crippen molar-refractivity contribution in [2.24, 2.45) is 16.8 Å². The average Bonchev–Trinajstić information content (AvgIpc) is 2.97. The number of hydrogen-bond acceptors (Lipinski definition) is 4. The van der Waals surface area contributed by atoms with Gasteiger partial charge in [0, 0.05) is 19.1 Å². The van der Waals surface area contributed by atoms with Crippen molar-refractivity contribution in [1.82, 2.24) is 10.2 Å². The van der Waals surface area contributed by atoms with Gasteiger partial charge in [-0.1, -0.05) is 31.3 Å². The highest BCUT2D eigenvalue weighted by molar-refractivity contribution is 6.02. The number of nitrogens with two attached hydrogens (primary N) is 1. The van der Waals surface area contributed by atoms with Crippen LogP contribution in [0.15, 0.2) is 5.16 Å². The molecule has 1 saturated carbocycles. The van der Waals surface area contributed by atoms with Crippen molar-refractivity contribution >= 4 is 11.7 Å². The first kappa shape index (κ1) is 16.8. The van der Waals surface area contributed by atoms with Gasteiger partial charge in [0.15, 0.2) is 5.84 Å². The Balaban J connectivity index is 2.33. The molecule has 0 bridgehead atoms. The third-order valence-electron chi connectivity index (χ3n) is 4.08. The van der Waals surface area contributed by atoms with E-state index in [1.54, 1.807) is 0 Å². The van der Waals surface area contributed by atoms with Gasteiger partial charge in [-0.25, -0.2) is 0 Å². The van der Waals surface area contributed by atoms with Gasteiger partial charge >= 0.3 is 0 Å². The lowest BCUT2D eigenvalue weighted by atomic mass is 10.0. The molecule has 20 heavy (non-hydrogen) atoms. The fourth-order valence-corrected chi connectivity index (χ4v) is 2.78. The molecule has 1 aliphatic carbocycles. The molecule has 0 aromatic carbocycles. The van der Waals surface area contributed by atoms with Gasteiger partial charge in [-0.3, -0.25) is 4.79 Å². The van der Waals surface area contributed by atoms with E-state index in [9.17, 15) is 4.79 Å². The van der Waals surface area contributed by atoms with Crippen molar-refractivity contribution in [3.05, 3.63) is 0 Å². The Labute approximate surface area is 121 Å².